The first kappa shape index (κ1) is 19.4. The highest BCUT2D eigenvalue weighted by atomic mass is 16.5. The normalized spacial score (nSPS) is 26.8. The standard InChI is InChI=1S/C25H21NO5/c1-14(22(27)15-7-3-2-4-8-15)31-25(30)18-9-5-6-10-19(18)26-23(28)20-16-11-12-17(13-16)21(20)24(26)29/h2-12,14,16-17,20-21H,13H2,1H3/t14-,16-,17-,20-,21+/m0/s1. The third-order valence-electron chi connectivity index (χ3n) is 6.55. The molecule has 2 aromatic carbocycles. The van der Waals surface area contributed by atoms with E-state index in [4.69, 9.17) is 4.74 Å². The Morgan fingerprint density at radius 2 is 1.48 bits per heavy atom. The molecule has 1 saturated carbocycles. The van der Waals surface area contributed by atoms with Gasteiger partial charge in [0.15, 0.2) is 6.10 Å². The Balaban J connectivity index is 1.40. The molecule has 5 atom stereocenters. The lowest BCUT2D eigenvalue weighted by molar-refractivity contribution is -0.123. The topological polar surface area (TPSA) is 80.8 Å². The smallest absolute Gasteiger partial charge is 0.340 e. The third-order valence-corrected chi connectivity index (χ3v) is 6.55. The molecule has 2 aromatic rings. The lowest BCUT2D eigenvalue weighted by Gasteiger charge is -2.20. The summed E-state index contributed by atoms with van der Waals surface area (Å²) in [6.07, 6.45) is 3.88. The van der Waals surface area contributed by atoms with Gasteiger partial charge in [-0.2, -0.15) is 0 Å². The molecular formula is C25H21NO5. The number of anilines is 1. The Labute approximate surface area is 179 Å². The molecule has 3 aliphatic rings. The molecule has 6 heteroatoms. The van der Waals surface area contributed by atoms with Gasteiger partial charge in [-0.1, -0.05) is 54.6 Å². The zero-order valence-electron chi connectivity index (χ0n) is 16.9. The van der Waals surface area contributed by atoms with Crippen LogP contribution in [0.1, 0.15) is 34.1 Å². The number of fused-ring (bicyclic) bond motifs is 5. The van der Waals surface area contributed by atoms with Crippen LogP contribution in [0.2, 0.25) is 0 Å². The summed E-state index contributed by atoms with van der Waals surface area (Å²) in [7, 11) is 0. The van der Waals surface area contributed by atoms with E-state index in [1.54, 1.807) is 48.5 Å². The van der Waals surface area contributed by atoms with Crippen molar-refractivity contribution >= 4 is 29.3 Å². The average Bonchev–Trinajstić information content (AvgIpc) is 3.47. The number of esters is 1. The highest BCUT2D eigenvalue weighted by Gasteiger charge is 2.59. The number of carbonyl (C=O) groups is 4. The van der Waals surface area contributed by atoms with E-state index in [-0.39, 0.29) is 52.5 Å². The maximum Gasteiger partial charge on any atom is 0.340 e. The Morgan fingerprint density at radius 3 is 2.13 bits per heavy atom. The second-order valence-corrected chi connectivity index (χ2v) is 8.31. The summed E-state index contributed by atoms with van der Waals surface area (Å²) >= 11 is 0. The first-order valence-electron chi connectivity index (χ1n) is 10.4. The van der Waals surface area contributed by atoms with E-state index in [1.165, 1.54) is 13.0 Å². The van der Waals surface area contributed by atoms with Crippen molar-refractivity contribution in [3.05, 3.63) is 77.9 Å². The van der Waals surface area contributed by atoms with Crippen LogP contribution in [0.3, 0.4) is 0 Å². The number of hydrogen-bond acceptors (Lipinski definition) is 5. The van der Waals surface area contributed by atoms with E-state index in [0.29, 0.717) is 5.56 Å². The predicted octanol–water partition coefficient (Wildman–Crippen LogP) is 3.43. The minimum Gasteiger partial charge on any atom is -0.451 e. The highest BCUT2D eigenvalue weighted by Crippen LogP contribution is 2.53. The Bertz CT molecular complexity index is 1090. The number of hydrogen-bond donors (Lipinski definition) is 0. The first-order chi connectivity index (χ1) is 15.0. The van der Waals surface area contributed by atoms with Crippen LogP contribution >= 0.6 is 0 Å². The van der Waals surface area contributed by atoms with Crippen molar-refractivity contribution in [3.63, 3.8) is 0 Å². The minimum absolute atomic E-state index is 0.0825. The van der Waals surface area contributed by atoms with Crippen LogP contribution in [-0.2, 0) is 14.3 Å². The molecule has 1 heterocycles. The summed E-state index contributed by atoms with van der Waals surface area (Å²) in [5, 5.41) is 0. The number of imide groups is 1. The van der Waals surface area contributed by atoms with E-state index in [0.717, 1.165) is 11.3 Å². The van der Waals surface area contributed by atoms with Gasteiger partial charge in [-0.25, -0.2) is 9.69 Å². The number of ketones is 1. The van der Waals surface area contributed by atoms with Gasteiger partial charge in [0.25, 0.3) is 0 Å². The average molecular weight is 415 g/mol. The molecule has 2 amide bonds. The highest BCUT2D eigenvalue weighted by molar-refractivity contribution is 6.24. The molecule has 0 N–H and O–H groups in total. The van der Waals surface area contributed by atoms with E-state index in [1.807, 2.05) is 12.2 Å². The number of carbonyl (C=O) groups excluding carboxylic acids is 4. The molecule has 5 rings (SSSR count). The number of Topliss-reactive ketones (excluding diaryl/α,β-unsaturated/α-hetero) is 1. The van der Waals surface area contributed by atoms with E-state index >= 15 is 0 Å². The lowest BCUT2D eigenvalue weighted by Crippen LogP contribution is -2.34. The summed E-state index contributed by atoms with van der Waals surface area (Å²) in [5.74, 6) is -2.14. The minimum atomic E-state index is -1.01. The molecule has 0 radical (unpaired) electrons. The van der Waals surface area contributed by atoms with Gasteiger partial charge in [-0.3, -0.25) is 14.4 Å². The Morgan fingerprint density at radius 1 is 0.903 bits per heavy atom. The lowest BCUT2D eigenvalue weighted by atomic mass is 9.85. The fraction of sp³-hybridized carbons (Fsp3) is 0.280. The monoisotopic (exact) mass is 415 g/mol. The molecule has 2 aliphatic carbocycles. The van der Waals surface area contributed by atoms with Gasteiger partial charge in [0, 0.05) is 5.56 Å². The maximum absolute atomic E-state index is 13.1. The molecule has 31 heavy (non-hydrogen) atoms. The molecular weight excluding hydrogens is 394 g/mol. The molecule has 6 nitrogen and oxygen atoms in total. The van der Waals surface area contributed by atoms with Crippen molar-refractivity contribution in [2.24, 2.45) is 23.7 Å². The predicted molar refractivity (Wildman–Crippen MR) is 112 cm³/mol. The van der Waals surface area contributed by atoms with Crippen LogP contribution in [0.4, 0.5) is 5.69 Å². The van der Waals surface area contributed by atoms with E-state index in [9.17, 15) is 19.2 Å². The maximum atomic E-state index is 13.1. The summed E-state index contributed by atoms with van der Waals surface area (Å²) < 4.78 is 5.42. The van der Waals surface area contributed by atoms with Crippen molar-refractivity contribution in [1.29, 1.82) is 0 Å². The largest absolute Gasteiger partial charge is 0.451 e. The number of benzene rings is 2. The summed E-state index contributed by atoms with van der Waals surface area (Å²) in [6, 6.07) is 15.0. The number of para-hydroxylation sites is 1. The number of allylic oxidation sites excluding steroid dienone is 2. The zero-order chi connectivity index (χ0) is 21.7. The van der Waals surface area contributed by atoms with Crippen LogP contribution < -0.4 is 4.90 Å². The molecule has 0 aromatic heterocycles. The summed E-state index contributed by atoms with van der Waals surface area (Å²) in [4.78, 5) is 52.9. The summed E-state index contributed by atoms with van der Waals surface area (Å²) in [5.41, 5.74) is 0.754. The summed E-state index contributed by atoms with van der Waals surface area (Å²) in [6.45, 7) is 1.51. The number of ether oxygens (including phenoxy) is 1. The van der Waals surface area contributed by atoms with Gasteiger partial charge in [0.2, 0.25) is 17.6 Å². The SMILES string of the molecule is C[C@H](OC(=O)c1ccccc1N1C(=O)[C@@H]2[C@H](C1=O)[C@H]1C=C[C@H]2C1)C(=O)c1ccccc1. The zero-order valence-corrected chi connectivity index (χ0v) is 16.9. The quantitative estimate of drug-likeness (QED) is 0.324. The van der Waals surface area contributed by atoms with Gasteiger partial charge in [0.1, 0.15) is 0 Å². The first-order valence-corrected chi connectivity index (χ1v) is 10.4. The van der Waals surface area contributed by atoms with Crippen molar-refractivity contribution in [3.8, 4) is 0 Å². The molecule has 2 fully saturated rings. The molecule has 0 unspecified atom stereocenters. The van der Waals surface area contributed by atoms with E-state index < -0.39 is 12.1 Å². The van der Waals surface area contributed by atoms with Crippen LogP contribution in [0.25, 0.3) is 0 Å². The number of amides is 2. The van der Waals surface area contributed by atoms with E-state index in [2.05, 4.69) is 0 Å². The third kappa shape index (κ3) is 3.02. The molecule has 1 saturated heterocycles. The van der Waals surface area contributed by atoms with Gasteiger partial charge < -0.3 is 4.74 Å². The van der Waals surface area contributed by atoms with Crippen molar-refractivity contribution in [2.45, 2.75) is 19.4 Å². The Kier molecular flexibility index (Phi) is 4.58. The molecule has 156 valence electrons. The van der Waals surface area contributed by atoms with Crippen LogP contribution in [0.5, 0.6) is 0 Å². The molecule has 1 aliphatic heterocycles. The second-order valence-electron chi connectivity index (χ2n) is 8.31. The van der Waals surface area contributed by atoms with Crippen LogP contribution in [-0.4, -0.2) is 29.7 Å². The van der Waals surface area contributed by atoms with Crippen LogP contribution in [0.15, 0.2) is 66.7 Å². The van der Waals surface area contributed by atoms with Crippen molar-refractivity contribution < 1.29 is 23.9 Å². The molecule has 2 bridgehead atoms. The van der Waals surface area contributed by atoms with Gasteiger partial charge >= 0.3 is 5.97 Å². The number of rotatable bonds is 5. The van der Waals surface area contributed by atoms with Crippen molar-refractivity contribution in [2.75, 3.05) is 4.90 Å². The fourth-order valence-corrected chi connectivity index (χ4v) is 5.10. The van der Waals surface area contributed by atoms with Crippen LogP contribution in [0, 0.1) is 23.7 Å². The fourth-order valence-electron chi connectivity index (χ4n) is 5.10. The second kappa shape index (κ2) is 7.30. The number of nitrogens with zero attached hydrogens (tertiary/aromatic N) is 1. The van der Waals surface area contributed by atoms with Gasteiger partial charge in [-0.05, 0) is 37.3 Å². The Hall–Kier alpha value is -3.54. The van der Waals surface area contributed by atoms with Gasteiger partial charge in [0.05, 0.1) is 23.1 Å². The van der Waals surface area contributed by atoms with Crippen molar-refractivity contribution in [1.82, 2.24) is 0 Å². The van der Waals surface area contributed by atoms with Gasteiger partial charge in [-0.15, -0.1) is 0 Å². The molecule has 0 spiro atoms.